The van der Waals surface area contributed by atoms with Crippen molar-refractivity contribution >= 4 is 17.4 Å². The van der Waals surface area contributed by atoms with Gasteiger partial charge < -0.3 is 4.74 Å². The predicted molar refractivity (Wildman–Crippen MR) is 74.5 cm³/mol. The molecule has 0 radical (unpaired) electrons. The van der Waals surface area contributed by atoms with Crippen molar-refractivity contribution in [2.75, 3.05) is 6.61 Å². The highest BCUT2D eigenvalue weighted by atomic mass is 35.5. The van der Waals surface area contributed by atoms with Crippen LogP contribution in [0.5, 0.6) is 0 Å². The zero-order valence-electron chi connectivity index (χ0n) is 11.6. The minimum Gasteiger partial charge on any atom is -0.378 e. The van der Waals surface area contributed by atoms with Crippen molar-refractivity contribution in [1.82, 2.24) is 9.78 Å². The Morgan fingerprint density at radius 1 is 1.53 bits per heavy atom. The maximum absolute atomic E-state index is 12.0. The van der Waals surface area contributed by atoms with Gasteiger partial charge in [0.05, 0.1) is 22.5 Å². The van der Waals surface area contributed by atoms with Gasteiger partial charge in [-0.3, -0.25) is 9.48 Å². The zero-order chi connectivity index (χ0) is 13.8. The molecule has 0 aliphatic carbocycles. The van der Waals surface area contributed by atoms with Gasteiger partial charge in [-0.1, -0.05) is 11.6 Å². The molecule has 4 nitrogen and oxygen atoms in total. The summed E-state index contributed by atoms with van der Waals surface area (Å²) in [6.45, 7) is 2.69. The van der Waals surface area contributed by atoms with Crippen molar-refractivity contribution < 1.29 is 9.53 Å². The van der Waals surface area contributed by atoms with Crippen molar-refractivity contribution in [3.8, 4) is 0 Å². The van der Waals surface area contributed by atoms with Crippen molar-refractivity contribution in [1.29, 1.82) is 0 Å². The summed E-state index contributed by atoms with van der Waals surface area (Å²) < 4.78 is 7.34. The molecule has 0 spiro atoms. The lowest BCUT2D eigenvalue weighted by molar-refractivity contribution is -0.119. The van der Waals surface area contributed by atoms with Crippen LogP contribution in [0, 0.1) is 6.92 Å². The minimum atomic E-state index is 0.207. The van der Waals surface area contributed by atoms with E-state index in [4.69, 9.17) is 16.3 Å². The van der Waals surface area contributed by atoms with Crippen LogP contribution in [0.15, 0.2) is 0 Å². The summed E-state index contributed by atoms with van der Waals surface area (Å²) >= 11 is 6.15. The van der Waals surface area contributed by atoms with Crippen LogP contribution in [0.2, 0.25) is 5.02 Å². The highest BCUT2D eigenvalue weighted by molar-refractivity contribution is 6.32. The predicted octanol–water partition coefficient (Wildman–Crippen LogP) is 2.84. The number of carbonyl (C=O) groups excluding carboxylic acids is 1. The maximum Gasteiger partial charge on any atom is 0.138 e. The van der Waals surface area contributed by atoms with Crippen molar-refractivity contribution in [2.45, 2.75) is 51.6 Å². The second-order valence-electron chi connectivity index (χ2n) is 5.21. The summed E-state index contributed by atoms with van der Waals surface area (Å²) in [6, 6.07) is 0. The molecule has 0 amide bonds. The topological polar surface area (TPSA) is 44.1 Å². The van der Waals surface area contributed by atoms with Crippen LogP contribution >= 0.6 is 11.6 Å². The summed E-state index contributed by atoms with van der Waals surface area (Å²) in [5.74, 6) is 0.207. The molecule has 2 heterocycles. The summed E-state index contributed by atoms with van der Waals surface area (Å²) in [6.07, 6.45) is 5.46. The first-order chi connectivity index (χ1) is 9.08. The summed E-state index contributed by atoms with van der Waals surface area (Å²) in [5, 5.41) is 4.84. The molecule has 106 valence electrons. The van der Waals surface area contributed by atoms with E-state index in [1.807, 2.05) is 14.0 Å². The van der Waals surface area contributed by atoms with E-state index < -0.39 is 0 Å². The summed E-state index contributed by atoms with van der Waals surface area (Å²) in [4.78, 5) is 12.0. The standard InChI is InChI=1S/C14H21ClN2O2/c1-10-14(15)13(17(2)16-10)9-11(18)6-7-12-5-3-4-8-19-12/h12H,3-9H2,1-2H3. The molecule has 19 heavy (non-hydrogen) atoms. The average molecular weight is 285 g/mol. The molecule has 0 aromatic carbocycles. The Morgan fingerprint density at radius 2 is 2.32 bits per heavy atom. The number of hydrogen-bond donors (Lipinski definition) is 0. The molecule has 1 unspecified atom stereocenters. The van der Waals surface area contributed by atoms with Gasteiger partial charge in [-0.25, -0.2) is 0 Å². The fraction of sp³-hybridized carbons (Fsp3) is 0.714. The molecular formula is C14H21ClN2O2. The Morgan fingerprint density at radius 3 is 2.89 bits per heavy atom. The van der Waals surface area contributed by atoms with Gasteiger partial charge >= 0.3 is 0 Å². The number of carbonyl (C=O) groups is 1. The number of aromatic nitrogens is 2. The maximum atomic E-state index is 12.0. The number of aryl methyl sites for hydroxylation is 2. The van der Waals surface area contributed by atoms with E-state index in [0.29, 0.717) is 17.9 Å². The highest BCUT2D eigenvalue weighted by Crippen LogP contribution is 2.21. The number of nitrogens with zero attached hydrogens (tertiary/aromatic N) is 2. The first-order valence-corrected chi connectivity index (χ1v) is 7.27. The smallest absolute Gasteiger partial charge is 0.138 e. The van der Waals surface area contributed by atoms with E-state index in [-0.39, 0.29) is 11.9 Å². The Labute approximate surface area is 119 Å². The van der Waals surface area contributed by atoms with Crippen molar-refractivity contribution in [2.24, 2.45) is 7.05 Å². The molecule has 0 N–H and O–H groups in total. The Balaban J connectivity index is 1.83. The van der Waals surface area contributed by atoms with Gasteiger partial charge in [-0.2, -0.15) is 5.10 Å². The van der Waals surface area contributed by atoms with Crippen LogP contribution in [0.1, 0.15) is 43.5 Å². The van der Waals surface area contributed by atoms with Crippen LogP contribution in [0.4, 0.5) is 0 Å². The lowest BCUT2D eigenvalue weighted by Gasteiger charge is -2.22. The molecule has 1 fully saturated rings. The molecular weight excluding hydrogens is 264 g/mol. The molecule has 1 atom stereocenters. The van der Waals surface area contributed by atoms with E-state index in [9.17, 15) is 4.79 Å². The van der Waals surface area contributed by atoms with Crippen LogP contribution < -0.4 is 0 Å². The molecule has 5 heteroatoms. The van der Waals surface area contributed by atoms with E-state index >= 15 is 0 Å². The minimum absolute atomic E-state index is 0.207. The van der Waals surface area contributed by atoms with E-state index in [1.165, 1.54) is 6.42 Å². The second kappa shape index (κ2) is 6.53. The van der Waals surface area contributed by atoms with Crippen LogP contribution in [0.3, 0.4) is 0 Å². The fourth-order valence-corrected chi connectivity index (χ4v) is 2.73. The Kier molecular flexibility index (Phi) is 4.99. The Hall–Kier alpha value is -0.870. The van der Waals surface area contributed by atoms with Crippen LogP contribution in [0.25, 0.3) is 0 Å². The molecule has 1 aromatic rings. The molecule has 0 bridgehead atoms. The highest BCUT2D eigenvalue weighted by Gasteiger charge is 2.18. The van der Waals surface area contributed by atoms with Gasteiger partial charge in [0.15, 0.2) is 0 Å². The average Bonchev–Trinajstić information content (AvgIpc) is 2.64. The molecule has 2 rings (SSSR count). The monoisotopic (exact) mass is 284 g/mol. The van der Waals surface area contributed by atoms with E-state index in [2.05, 4.69) is 5.10 Å². The van der Waals surface area contributed by atoms with E-state index in [1.54, 1.807) is 4.68 Å². The summed E-state index contributed by atoms with van der Waals surface area (Å²) in [7, 11) is 1.83. The van der Waals surface area contributed by atoms with E-state index in [0.717, 1.165) is 37.3 Å². The number of hydrogen-bond acceptors (Lipinski definition) is 3. The first-order valence-electron chi connectivity index (χ1n) is 6.89. The van der Waals surface area contributed by atoms with Gasteiger partial charge in [0.1, 0.15) is 5.78 Å². The molecule has 0 saturated carbocycles. The number of ketones is 1. The van der Waals surface area contributed by atoms with Gasteiger partial charge in [0, 0.05) is 26.5 Å². The van der Waals surface area contributed by atoms with Gasteiger partial charge in [-0.15, -0.1) is 0 Å². The SMILES string of the molecule is Cc1nn(C)c(CC(=O)CCC2CCCCO2)c1Cl. The molecule has 1 aliphatic rings. The zero-order valence-corrected chi connectivity index (χ0v) is 12.4. The van der Waals surface area contributed by atoms with Crippen LogP contribution in [-0.2, 0) is 23.0 Å². The lowest BCUT2D eigenvalue weighted by Crippen LogP contribution is -2.20. The first kappa shape index (κ1) is 14.5. The number of ether oxygens (including phenoxy) is 1. The largest absolute Gasteiger partial charge is 0.378 e. The fourth-order valence-electron chi connectivity index (χ4n) is 2.50. The normalized spacial score (nSPS) is 19.6. The number of rotatable bonds is 5. The third-order valence-corrected chi connectivity index (χ3v) is 4.14. The summed E-state index contributed by atoms with van der Waals surface area (Å²) in [5.41, 5.74) is 1.59. The number of Topliss-reactive ketones (excluding diaryl/α,β-unsaturated/α-hetero) is 1. The van der Waals surface area contributed by atoms with Gasteiger partial charge in [0.2, 0.25) is 0 Å². The number of halogens is 1. The third kappa shape index (κ3) is 3.80. The lowest BCUT2D eigenvalue weighted by atomic mass is 10.0. The molecule has 1 saturated heterocycles. The van der Waals surface area contributed by atoms with Crippen LogP contribution in [-0.4, -0.2) is 28.3 Å². The van der Waals surface area contributed by atoms with Gasteiger partial charge in [-0.05, 0) is 32.6 Å². The quantitative estimate of drug-likeness (QED) is 0.835. The second-order valence-corrected chi connectivity index (χ2v) is 5.59. The third-order valence-electron chi connectivity index (χ3n) is 3.65. The van der Waals surface area contributed by atoms with Crippen molar-refractivity contribution in [3.63, 3.8) is 0 Å². The molecule has 1 aromatic heterocycles. The Bertz CT molecular complexity index is 451. The van der Waals surface area contributed by atoms with Crippen molar-refractivity contribution in [3.05, 3.63) is 16.4 Å². The van der Waals surface area contributed by atoms with Gasteiger partial charge in [0.25, 0.3) is 0 Å². The molecule has 1 aliphatic heterocycles.